The third-order valence-electron chi connectivity index (χ3n) is 6.99. The molecule has 232 valence electrons. The lowest BCUT2D eigenvalue weighted by Gasteiger charge is -2.49. The monoisotopic (exact) mass is 646 g/mol. The van der Waals surface area contributed by atoms with Gasteiger partial charge in [0, 0.05) is 40.8 Å². The summed E-state index contributed by atoms with van der Waals surface area (Å²) in [4.78, 5) is 72.9. The van der Waals surface area contributed by atoms with Crippen LogP contribution >= 0.6 is 23.5 Å². The van der Waals surface area contributed by atoms with Crippen LogP contribution in [0.5, 0.6) is 0 Å². The fraction of sp³-hybridized carbons (Fsp3) is 0.226. The van der Waals surface area contributed by atoms with Gasteiger partial charge < -0.3 is 25.6 Å². The Morgan fingerprint density at radius 2 is 1.80 bits per heavy atom. The van der Waals surface area contributed by atoms with Crippen molar-refractivity contribution in [1.82, 2.24) is 25.1 Å². The van der Waals surface area contributed by atoms with Crippen molar-refractivity contribution in [1.29, 1.82) is 0 Å². The SMILES string of the molecule is O=C(CN1CCC(=CC2=C(C(=O)O)N3C(=O)[C@@H](NC(=O)CSc4ccccc4)[C@H]3SC2)C1=O)Nc1ccccc1.c1c[nH]cn1. The molecule has 6 rings (SSSR count). The number of para-hydroxylation sites is 1. The number of β-lactam (4-membered cyclic amide) rings is 1. The molecule has 4 amide bonds. The summed E-state index contributed by atoms with van der Waals surface area (Å²) in [6.45, 7) is 0.206. The molecule has 2 atom stereocenters. The number of hydrogen-bond acceptors (Lipinski definition) is 8. The number of aromatic nitrogens is 2. The molecule has 0 radical (unpaired) electrons. The molecule has 0 aliphatic carbocycles. The van der Waals surface area contributed by atoms with Gasteiger partial charge in [0.2, 0.25) is 17.7 Å². The maximum Gasteiger partial charge on any atom is 0.352 e. The number of aromatic amines is 1. The molecule has 3 aliphatic heterocycles. The van der Waals surface area contributed by atoms with Crippen LogP contribution in [0.4, 0.5) is 5.69 Å². The van der Waals surface area contributed by atoms with Gasteiger partial charge in [-0.3, -0.25) is 24.1 Å². The number of nitrogens with zero attached hydrogens (tertiary/aromatic N) is 3. The number of aliphatic carboxylic acids is 1. The number of carboxylic acid groups (broad SMARTS) is 1. The molecule has 3 aromatic rings. The van der Waals surface area contributed by atoms with Crippen molar-refractivity contribution in [2.45, 2.75) is 22.7 Å². The van der Waals surface area contributed by atoms with Crippen LogP contribution in [0.2, 0.25) is 0 Å². The summed E-state index contributed by atoms with van der Waals surface area (Å²) < 4.78 is 0. The van der Waals surface area contributed by atoms with Gasteiger partial charge in [0.15, 0.2) is 0 Å². The molecular formula is C31H30N6O6S2. The third kappa shape index (κ3) is 7.83. The highest BCUT2D eigenvalue weighted by atomic mass is 32.2. The molecular weight excluding hydrogens is 617 g/mol. The van der Waals surface area contributed by atoms with Crippen molar-refractivity contribution >= 4 is 58.8 Å². The van der Waals surface area contributed by atoms with Crippen LogP contribution in [0.25, 0.3) is 0 Å². The zero-order valence-corrected chi connectivity index (χ0v) is 25.6. The zero-order valence-electron chi connectivity index (χ0n) is 23.9. The van der Waals surface area contributed by atoms with Gasteiger partial charge in [-0.25, -0.2) is 9.78 Å². The van der Waals surface area contributed by atoms with Gasteiger partial charge in [-0.05, 0) is 42.3 Å². The number of anilines is 1. The number of fused-ring (bicyclic) bond motifs is 1. The van der Waals surface area contributed by atoms with E-state index in [1.54, 1.807) is 43.0 Å². The first kappa shape index (κ1) is 31.6. The van der Waals surface area contributed by atoms with Gasteiger partial charge >= 0.3 is 5.97 Å². The molecule has 12 nitrogen and oxygen atoms in total. The van der Waals surface area contributed by atoms with Gasteiger partial charge in [0.1, 0.15) is 23.7 Å². The maximum atomic E-state index is 13.0. The Hall–Kier alpha value is -4.82. The number of nitrogens with one attached hydrogen (secondary N) is 3. The number of hydrogen-bond donors (Lipinski definition) is 4. The maximum absolute atomic E-state index is 13.0. The van der Waals surface area contributed by atoms with Crippen LogP contribution in [-0.2, 0) is 24.0 Å². The predicted molar refractivity (Wildman–Crippen MR) is 170 cm³/mol. The summed E-state index contributed by atoms with van der Waals surface area (Å²) in [6.07, 6.45) is 6.97. The molecule has 0 spiro atoms. The number of rotatable bonds is 9. The lowest BCUT2D eigenvalue weighted by molar-refractivity contribution is -0.150. The summed E-state index contributed by atoms with van der Waals surface area (Å²) in [5, 5.41) is 14.9. The first-order valence-corrected chi connectivity index (χ1v) is 16.0. The van der Waals surface area contributed by atoms with Crippen LogP contribution < -0.4 is 10.6 Å². The fourth-order valence-corrected chi connectivity index (χ4v) is 6.94. The molecule has 3 aliphatic rings. The Balaban J connectivity index is 0.000000729. The second-order valence-corrected chi connectivity index (χ2v) is 12.2. The predicted octanol–water partition coefficient (Wildman–Crippen LogP) is 2.72. The lowest BCUT2D eigenvalue weighted by Crippen LogP contribution is -2.70. The number of H-pyrrole nitrogens is 1. The molecule has 2 saturated heterocycles. The van der Waals surface area contributed by atoms with Crippen LogP contribution in [0, 0.1) is 0 Å². The Morgan fingerprint density at radius 1 is 1.07 bits per heavy atom. The van der Waals surface area contributed by atoms with Crippen molar-refractivity contribution < 1.29 is 29.1 Å². The highest BCUT2D eigenvalue weighted by Gasteiger charge is 2.54. The topological polar surface area (TPSA) is 165 Å². The molecule has 45 heavy (non-hydrogen) atoms. The zero-order chi connectivity index (χ0) is 31.8. The van der Waals surface area contributed by atoms with Crippen LogP contribution in [0.1, 0.15) is 6.42 Å². The number of likely N-dealkylation sites (tertiary alicyclic amines) is 1. The van der Waals surface area contributed by atoms with E-state index in [0.29, 0.717) is 29.8 Å². The van der Waals surface area contributed by atoms with E-state index in [-0.39, 0.29) is 41.5 Å². The molecule has 1 aromatic heterocycles. The average Bonchev–Trinajstić information content (AvgIpc) is 3.74. The quantitative estimate of drug-likeness (QED) is 0.155. The minimum Gasteiger partial charge on any atom is -0.477 e. The van der Waals surface area contributed by atoms with Gasteiger partial charge in [-0.15, -0.1) is 23.5 Å². The Kier molecular flexibility index (Phi) is 10.4. The van der Waals surface area contributed by atoms with Crippen molar-refractivity contribution in [3.8, 4) is 0 Å². The standard InChI is InChI=1S/C28H26N4O6S2.C3H4N2/c33-21(29-19-7-3-1-4-8-19)14-31-12-11-17(25(31)35)13-18-15-40-27-23(26(36)32(27)24(18)28(37)38)30-22(34)16-39-20-9-5-2-6-10-20;1-2-5-3-4-1/h1-10,13,23,27H,11-12,14-16H2,(H,29,33)(H,30,34)(H,37,38);1-3H,(H,4,5)/t23-,27-;/m1./s1. The van der Waals surface area contributed by atoms with Gasteiger partial charge in [-0.1, -0.05) is 36.4 Å². The number of carboxylic acids is 1. The number of allylic oxidation sites excluding steroid dienone is 1. The van der Waals surface area contributed by atoms with E-state index in [0.717, 1.165) is 4.90 Å². The van der Waals surface area contributed by atoms with Crippen molar-refractivity contribution in [3.05, 3.63) is 102 Å². The van der Waals surface area contributed by atoms with Crippen molar-refractivity contribution in [3.63, 3.8) is 0 Å². The number of carbonyl (C=O) groups is 5. The first-order chi connectivity index (χ1) is 21.8. The summed E-state index contributed by atoms with van der Waals surface area (Å²) in [7, 11) is 0. The Labute approximate surface area is 267 Å². The highest BCUT2D eigenvalue weighted by molar-refractivity contribution is 8.00. The molecule has 4 N–H and O–H groups in total. The smallest absolute Gasteiger partial charge is 0.352 e. The number of amides is 4. The minimum absolute atomic E-state index is 0.124. The second-order valence-electron chi connectivity index (χ2n) is 10.1. The van der Waals surface area contributed by atoms with E-state index in [4.69, 9.17) is 0 Å². The summed E-state index contributed by atoms with van der Waals surface area (Å²) >= 11 is 2.68. The first-order valence-electron chi connectivity index (χ1n) is 14.0. The van der Waals surface area contributed by atoms with E-state index in [1.165, 1.54) is 39.4 Å². The number of carbonyl (C=O) groups excluding carboxylic acids is 4. The fourth-order valence-electron chi connectivity index (χ4n) is 4.91. The molecule has 0 unspecified atom stereocenters. The van der Waals surface area contributed by atoms with E-state index in [9.17, 15) is 29.1 Å². The molecule has 0 bridgehead atoms. The Bertz CT molecular complexity index is 1600. The van der Waals surface area contributed by atoms with Crippen LogP contribution in [-0.4, -0.2) is 90.5 Å². The molecule has 14 heteroatoms. The van der Waals surface area contributed by atoms with Crippen LogP contribution in [0.15, 0.2) is 107 Å². The van der Waals surface area contributed by atoms with Gasteiger partial charge in [0.25, 0.3) is 5.91 Å². The largest absolute Gasteiger partial charge is 0.477 e. The second kappa shape index (κ2) is 14.8. The van der Waals surface area contributed by atoms with E-state index in [2.05, 4.69) is 20.6 Å². The number of benzene rings is 2. The molecule has 2 fully saturated rings. The average molecular weight is 647 g/mol. The van der Waals surface area contributed by atoms with Gasteiger partial charge in [-0.2, -0.15) is 0 Å². The van der Waals surface area contributed by atoms with Crippen molar-refractivity contribution in [2.24, 2.45) is 0 Å². The lowest BCUT2D eigenvalue weighted by atomic mass is 10.0. The molecule has 0 saturated carbocycles. The van der Waals surface area contributed by atoms with E-state index < -0.39 is 23.3 Å². The van der Waals surface area contributed by atoms with Crippen molar-refractivity contribution in [2.75, 3.05) is 29.9 Å². The minimum atomic E-state index is -1.28. The van der Waals surface area contributed by atoms with Gasteiger partial charge in [0.05, 0.1) is 12.1 Å². The molecule has 2 aromatic carbocycles. The van der Waals surface area contributed by atoms with E-state index in [1.807, 2.05) is 36.4 Å². The molecule has 4 heterocycles. The number of imidazole rings is 1. The Morgan fingerprint density at radius 3 is 2.44 bits per heavy atom. The summed E-state index contributed by atoms with van der Waals surface area (Å²) in [6, 6.07) is 17.5. The third-order valence-corrected chi connectivity index (χ3v) is 9.30. The number of thioether (sulfide) groups is 2. The highest BCUT2D eigenvalue weighted by Crippen LogP contribution is 2.41. The van der Waals surface area contributed by atoms with E-state index >= 15 is 0 Å². The summed E-state index contributed by atoms with van der Waals surface area (Å²) in [5.41, 5.74) is 1.18. The normalized spacial score (nSPS) is 19.8. The van der Waals surface area contributed by atoms with Crippen LogP contribution in [0.3, 0.4) is 0 Å². The summed E-state index contributed by atoms with van der Waals surface area (Å²) in [5.74, 6) is -2.38.